The van der Waals surface area contributed by atoms with Crippen LogP contribution in [0.2, 0.25) is 0 Å². The molecule has 0 bridgehead atoms. The summed E-state index contributed by atoms with van der Waals surface area (Å²) in [6.45, 7) is 0.197. The Bertz CT molecular complexity index is 411. The first-order chi connectivity index (χ1) is 7.40. The van der Waals surface area contributed by atoms with Crippen molar-refractivity contribution in [3.63, 3.8) is 0 Å². The first-order valence-electron chi connectivity index (χ1n) is 4.95. The number of aromatic nitrogens is 3. The summed E-state index contributed by atoms with van der Waals surface area (Å²) in [5, 5.41) is 8.70. The summed E-state index contributed by atoms with van der Waals surface area (Å²) in [6, 6.07) is 3.87. The van der Waals surface area contributed by atoms with Crippen LogP contribution in [0, 0.1) is 0 Å². The van der Waals surface area contributed by atoms with E-state index < -0.39 is 0 Å². The van der Waals surface area contributed by atoms with Crippen LogP contribution in [0.1, 0.15) is 12.2 Å². The van der Waals surface area contributed by atoms with Crippen LogP contribution < -0.4 is 0 Å². The van der Waals surface area contributed by atoms with E-state index in [2.05, 4.69) is 15.0 Å². The van der Waals surface area contributed by atoms with Crippen molar-refractivity contribution in [3.8, 4) is 11.3 Å². The first-order valence-corrected chi connectivity index (χ1v) is 4.95. The molecule has 2 N–H and O–H groups in total. The van der Waals surface area contributed by atoms with Crippen LogP contribution >= 0.6 is 0 Å². The second-order valence-corrected chi connectivity index (χ2v) is 3.31. The van der Waals surface area contributed by atoms with E-state index in [0.717, 1.165) is 29.9 Å². The lowest BCUT2D eigenvalue weighted by Crippen LogP contribution is -1.91. The molecule has 15 heavy (non-hydrogen) atoms. The second kappa shape index (κ2) is 4.70. The highest BCUT2D eigenvalue weighted by atomic mass is 16.2. The Morgan fingerprint density at radius 2 is 2.27 bits per heavy atom. The monoisotopic (exact) mass is 203 g/mol. The zero-order chi connectivity index (χ0) is 10.5. The fourth-order valence-corrected chi connectivity index (χ4v) is 1.40. The topological polar surface area (TPSA) is 61.8 Å². The van der Waals surface area contributed by atoms with Crippen LogP contribution in [-0.4, -0.2) is 26.7 Å². The van der Waals surface area contributed by atoms with Crippen molar-refractivity contribution < 1.29 is 5.11 Å². The molecule has 0 radical (unpaired) electrons. The summed E-state index contributed by atoms with van der Waals surface area (Å²) >= 11 is 0. The van der Waals surface area contributed by atoms with Gasteiger partial charge in [0, 0.05) is 31.0 Å². The fourth-order valence-electron chi connectivity index (χ4n) is 1.40. The molecule has 0 aromatic carbocycles. The number of hydrogen-bond acceptors (Lipinski definition) is 3. The Labute approximate surface area is 88.0 Å². The number of aryl methyl sites for hydroxylation is 1. The number of rotatable bonds is 4. The molecule has 0 unspecified atom stereocenters. The molecule has 0 spiro atoms. The molecule has 4 heteroatoms. The van der Waals surface area contributed by atoms with Gasteiger partial charge in [0.2, 0.25) is 0 Å². The van der Waals surface area contributed by atoms with Crippen LogP contribution in [0.3, 0.4) is 0 Å². The molecule has 0 saturated carbocycles. The number of pyridine rings is 1. The maximum atomic E-state index is 8.70. The fraction of sp³-hybridized carbons (Fsp3) is 0.273. The van der Waals surface area contributed by atoms with Crippen molar-refractivity contribution >= 4 is 0 Å². The highest BCUT2D eigenvalue weighted by Crippen LogP contribution is 2.15. The van der Waals surface area contributed by atoms with Gasteiger partial charge in [-0.25, -0.2) is 4.98 Å². The van der Waals surface area contributed by atoms with Gasteiger partial charge in [0.25, 0.3) is 0 Å². The molecular formula is C11H13N3O. The van der Waals surface area contributed by atoms with E-state index in [1.54, 1.807) is 18.6 Å². The molecule has 2 aromatic heterocycles. The van der Waals surface area contributed by atoms with Crippen LogP contribution in [0.5, 0.6) is 0 Å². The van der Waals surface area contributed by atoms with E-state index in [9.17, 15) is 0 Å². The third-order valence-electron chi connectivity index (χ3n) is 2.17. The van der Waals surface area contributed by atoms with E-state index in [-0.39, 0.29) is 6.61 Å². The Morgan fingerprint density at radius 3 is 3.00 bits per heavy atom. The van der Waals surface area contributed by atoms with Crippen molar-refractivity contribution in [3.05, 3.63) is 36.5 Å². The van der Waals surface area contributed by atoms with Gasteiger partial charge in [0.15, 0.2) is 0 Å². The molecule has 78 valence electrons. The zero-order valence-corrected chi connectivity index (χ0v) is 8.35. The highest BCUT2D eigenvalue weighted by molar-refractivity contribution is 5.56. The van der Waals surface area contributed by atoms with Crippen LogP contribution in [0.15, 0.2) is 30.7 Å². The lowest BCUT2D eigenvalue weighted by atomic mass is 10.2. The van der Waals surface area contributed by atoms with Crippen LogP contribution in [0.4, 0.5) is 0 Å². The van der Waals surface area contributed by atoms with Crippen molar-refractivity contribution in [1.82, 2.24) is 15.0 Å². The summed E-state index contributed by atoms with van der Waals surface area (Å²) in [4.78, 5) is 11.5. The van der Waals surface area contributed by atoms with Crippen LogP contribution in [0.25, 0.3) is 11.3 Å². The average Bonchev–Trinajstić information content (AvgIpc) is 2.76. The number of imidazole rings is 1. The van der Waals surface area contributed by atoms with Gasteiger partial charge in [0.1, 0.15) is 5.82 Å². The van der Waals surface area contributed by atoms with Gasteiger partial charge in [-0.05, 0) is 18.6 Å². The lowest BCUT2D eigenvalue weighted by molar-refractivity contribution is 0.287. The van der Waals surface area contributed by atoms with Crippen molar-refractivity contribution in [2.24, 2.45) is 0 Å². The number of aromatic amines is 1. The molecule has 0 aliphatic rings. The Balaban J connectivity index is 2.14. The van der Waals surface area contributed by atoms with Gasteiger partial charge < -0.3 is 10.1 Å². The second-order valence-electron chi connectivity index (χ2n) is 3.31. The molecule has 0 atom stereocenters. The summed E-state index contributed by atoms with van der Waals surface area (Å²) in [6.07, 6.45) is 6.84. The zero-order valence-electron chi connectivity index (χ0n) is 8.35. The van der Waals surface area contributed by atoms with E-state index >= 15 is 0 Å². The van der Waals surface area contributed by atoms with Crippen molar-refractivity contribution in [2.45, 2.75) is 12.8 Å². The summed E-state index contributed by atoms with van der Waals surface area (Å²) in [5.74, 6) is 0.905. The van der Waals surface area contributed by atoms with Gasteiger partial charge in [-0.15, -0.1) is 0 Å². The highest BCUT2D eigenvalue weighted by Gasteiger charge is 2.02. The number of H-pyrrole nitrogens is 1. The standard InChI is InChI=1S/C11H13N3O/c15-6-2-4-11-13-8-10(14-11)9-3-1-5-12-7-9/h1,3,5,7-8,15H,2,4,6H2,(H,13,14). The third-order valence-corrected chi connectivity index (χ3v) is 2.17. The number of nitrogens with one attached hydrogen (secondary N) is 1. The number of nitrogens with zero attached hydrogens (tertiary/aromatic N) is 2. The molecule has 4 nitrogen and oxygen atoms in total. The molecule has 0 saturated heterocycles. The molecule has 2 rings (SSSR count). The predicted molar refractivity (Wildman–Crippen MR) is 57.2 cm³/mol. The van der Waals surface area contributed by atoms with Crippen molar-refractivity contribution in [1.29, 1.82) is 0 Å². The SMILES string of the molecule is OCCCc1ncc(-c2cccnc2)[nH]1. The van der Waals surface area contributed by atoms with E-state index in [0.29, 0.717) is 0 Å². The van der Waals surface area contributed by atoms with Gasteiger partial charge in [0.05, 0.1) is 11.9 Å². The number of aliphatic hydroxyl groups excluding tert-OH is 1. The maximum absolute atomic E-state index is 8.70. The average molecular weight is 203 g/mol. The minimum Gasteiger partial charge on any atom is -0.396 e. The van der Waals surface area contributed by atoms with E-state index in [1.807, 2.05) is 12.1 Å². The predicted octanol–water partition coefficient (Wildman–Crippen LogP) is 1.40. The third kappa shape index (κ3) is 2.41. The summed E-state index contributed by atoms with van der Waals surface area (Å²) in [7, 11) is 0. The molecule has 0 aliphatic carbocycles. The molecule has 0 amide bonds. The Kier molecular flexibility index (Phi) is 3.09. The van der Waals surface area contributed by atoms with Gasteiger partial charge >= 0.3 is 0 Å². The number of aliphatic hydroxyl groups is 1. The Hall–Kier alpha value is -1.68. The summed E-state index contributed by atoms with van der Waals surface area (Å²) in [5.41, 5.74) is 2.00. The normalized spacial score (nSPS) is 10.5. The molecule has 2 aromatic rings. The van der Waals surface area contributed by atoms with Crippen LogP contribution in [-0.2, 0) is 6.42 Å². The van der Waals surface area contributed by atoms with E-state index in [4.69, 9.17) is 5.11 Å². The molecule has 0 aliphatic heterocycles. The summed E-state index contributed by atoms with van der Waals surface area (Å²) < 4.78 is 0. The Morgan fingerprint density at radius 1 is 1.33 bits per heavy atom. The smallest absolute Gasteiger partial charge is 0.106 e. The lowest BCUT2D eigenvalue weighted by Gasteiger charge is -1.95. The minimum absolute atomic E-state index is 0.197. The molecule has 2 heterocycles. The van der Waals surface area contributed by atoms with Gasteiger partial charge in [-0.3, -0.25) is 4.98 Å². The van der Waals surface area contributed by atoms with Gasteiger partial charge in [-0.1, -0.05) is 0 Å². The quantitative estimate of drug-likeness (QED) is 0.789. The molecule has 0 fully saturated rings. The molecular weight excluding hydrogens is 190 g/mol. The number of hydrogen-bond donors (Lipinski definition) is 2. The largest absolute Gasteiger partial charge is 0.396 e. The van der Waals surface area contributed by atoms with E-state index in [1.165, 1.54) is 0 Å². The first kappa shape index (κ1) is 9.86. The van der Waals surface area contributed by atoms with Gasteiger partial charge in [-0.2, -0.15) is 0 Å². The van der Waals surface area contributed by atoms with Crippen molar-refractivity contribution in [2.75, 3.05) is 6.61 Å². The minimum atomic E-state index is 0.197. The maximum Gasteiger partial charge on any atom is 0.106 e.